The molecule has 4 nitrogen and oxygen atoms in total. The number of rotatable bonds is 4. The molecule has 1 aromatic heterocycles. The van der Waals surface area contributed by atoms with Gasteiger partial charge in [-0.25, -0.2) is 9.97 Å². The summed E-state index contributed by atoms with van der Waals surface area (Å²) in [6, 6.07) is 0. The lowest BCUT2D eigenvalue weighted by atomic mass is 9.93. The molecular weight excluding hydrogens is 226 g/mol. The molecule has 2 rings (SSSR count). The van der Waals surface area contributed by atoms with E-state index < -0.39 is 0 Å². The van der Waals surface area contributed by atoms with Gasteiger partial charge in [-0.05, 0) is 31.4 Å². The third kappa shape index (κ3) is 2.87. The van der Waals surface area contributed by atoms with E-state index in [1.54, 1.807) is 7.11 Å². The number of ether oxygens (including phenoxy) is 1. The van der Waals surface area contributed by atoms with E-state index in [2.05, 4.69) is 9.97 Å². The molecule has 18 heavy (non-hydrogen) atoms. The second kappa shape index (κ2) is 6.25. The summed E-state index contributed by atoms with van der Waals surface area (Å²) in [6.45, 7) is 0.637. The minimum Gasteiger partial charge on any atom is -0.370 e. The van der Waals surface area contributed by atoms with Crippen LogP contribution in [0.3, 0.4) is 0 Å². The Bertz CT molecular complexity index is 356. The zero-order valence-corrected chi connectivity index (χ0v) is 11.2. The van der Waals surface area contributed by atoms with Crippen LogP contribution in [0.15, 0.2) is 12.4 Å². The smallest absolute Gasteiger partial charge is 0.160 e. The number of aromatic nitrogens is 2. The molecule has 2 N–H and O–H groups in total. The molecule has 0 aromatic carbocycles. The number of nitrogens with two attached hydrogens (primary N) is 1. The second-order valence-corrected chi connectivity index (χ2v) is 5.07. The molecular formula is C14H23N3O. The van der Waals surface area contributed by atoms with Gasteiger partial charge in [-0.15, -0.1) is 0 Å². The SMILES string of the molecule is COC1(c2ncc(CCN)cn2)CCCCCC1. The van der Waals surface area contributed by atoms with Gasteiger partial charge in [-0.1, -0.05) is 25.7 Å². The van der Waals surface area contributed by atoms with E-state index in [9.17, 15) is 0 Å². The number of nitrogens with zero attached hydrogens (tertiary/aromatic N) is 2. The summed E-state index contributed by atoms with van der Waals surface area (Å²) in [5, 5.41) is 0. The van der Waals surface area contributed by atoms with Crippen molar-refractivity contribution in [2.45, 2.75) is 50.5 Å². The largest absolute Gasteiger partial charge is 0.370 e. The van der Waals surface area contributed by atoms with E-state index in [1.165, 1.54) is 25.7 Å². The fourth-order valence-corrected chi connectivity index (χ4v) is 2.70. The minimum atomic E-state index is -0.266. The summed E-state index contributed by atoms with van der Waals surface area (Å²) < 4.78 is 5.79. The Balaban J connectivity index is 2.20. The molecule has 1 aliphatic carbocycles. The number of methoxy groups -OCH3 is 1. The van der Waals surface area contributed by atoms with Gasteiger partial charge in [0.25, 0.3) is 0 Å². The van der Waals surface area contributed by atoms with E-state index in [4.69, 9.17) is 10.5 Å². The predicted molar refractivity (Wildman–Crippen MR) is 71.2 cm³/mol. The third-order valence-corrected chi connectivity index (χ3v) is 3.85. The topological polar surface area (TPSA) is 61.0 Å². The van der Waals surface area contributed by atoms with Crippen molar-refractivity contribution < 1.29 is 4.74 Å². The first-order chi connectivity index (χ1) is 8.80. The van der Waals surface area contributed by atoms with Gasteiger partial charge in [0, 0.05) is 19.5 Å². The Morgan fingerprint density at radius 2 is 1.78 bits per heavy atom. The molecule has 0 bridgehead atoms. The van der Waals surface area contributed by atoms with Gasteiger partial charge in [-0.3, -0.25) is 0 Å². The summed E-state index contributed by atoms with van der Waals surface area (Å²) in [5.74, 6) is 0.840. The fourth-order valence-electron chi connectivity index (χ4n) is 2.70. The highest BCUT2D eigenvalue weighted by Gasteiger charge is 2.35. The monoisotopic (exact) mass is 249 g/mol. The molecule has 0 saturated heterocycles. The Hall–Kier alpha value is -1.00. The Labute approximate surface area is 109 Å². The Kier molecular flexibility index (Phi) is 4.66. The highest BCUT2D eigenvalue weighted by molar-refractivity contribution is 5.10. The van der Waals surface area contributed by atoms with Gasteiger partial charge in [0.05, 0.1) is 0 Å². The lowest BCUT2D eigenvalue weighted by Gasteiger charge is -2.29. The van der Waals surface area contributed by atoms with Crippen molar-refractivity contribution in [3.05, 3.63) is 23.8 Å². The minimum absolute atomic E-state index is 0.266. The number of hydrogen-bond acceptors (Lipinski definition) is 4. The zero-order chi connectivity index (χ0) is 12.8. The summed E-state index contributed by atoms with van der Waals surface area (Å²) in [6.07, 6.45) is 11.6. The van der Waals surface area contributed by atoms with Gasteiger partial charge in [-0.2, -0.15) is 0 Å². The van der Waals surface area contributed by atoms with Gasteiger partial charge < -0.3 is 10.5 Å². The quantitative estimate of drug-likeness (QED) is 0.831. The van der Waals surface area contributed by atoms with Gasteiger partial charge >= 0.3 is 0 Å². The summed E-state index contributed by atoms with van der Waals surface area (Å²) in [4.78, 5) is 9.03. The van der Waals surface area contributed by atoms with Crippen molar-refractivity contribution in [3.63, 3.8) is 0 Å². The lowest BCUT2D eigenvalue weighted by Crippen LogP contribution is -2.30. The van der Waals surface area contributed by atoms with Crippen LogP contribution in [0.5, 0.6) is 0 Å². The standard InChI is InChI=1S/C14H23N3O/c1-18-14(7-4-2-3-5-8-14)13-16-10-12(6-9-15)11-17-13/h10-11H,2-9,15H2,1H3. The maximum atomic E-state index is 5.79. The fraction of sp³-hybridized carbons (Fsp3) is 0.714. The van der Waals surface area contributed by atoms with Gasteiger partial charge in [0.2, 0.25) is 0 Å². The predicted octanol–water partition coefficient (Wildman–Crippen LogP) is 2.17. The molecule has 0 aliphatic heterocycles. The summed E-state index contributed by atoms with van der Waals surface area (Å²) in [7, 11) is 1.78. The molecule has 4 heteroatoms. The van der Waals surface area contributed by atoms with Crippen molar-refractivity contribution in [1.29, 1.82) is 0 Å². The van der Waals surface area contributed by atoms with Gasteiger partial charge in [0.1, 0.15) is 5.60 Å². The molecule has 1 heterocycles. The average molecular weight is 249 g/mol. The van der Waals surface area contributed by atoms with Crippen LogP contribution in [-0.2, 0) is 16.8 Å². The highest BCUT2D eigenvalue weighted by atomic mass is 16.5. The van der Waals surface area contributed by atoms with Crippen LogP contribution in [-0.4, -0.2) is 23.6 Å². The molecule has 0 amide bonds. The molecule has 1 aliphatic rings. The molecule has 0 atom stereocenters. The Morgan fingerprint density at radius 1 is 1.17 bits per heavy atom. The Morgan fingerprint density at radius 3 is 2.28 bits per heavy atom. The number of hydrogen-bond donors (Lipinski definition) is 1. The lowest BCUT2D eigenvalue weighted by molar-refractivity contribution is -0.0352. The molecule has 100 valence electrons. The average Bonchev–Trinajstić information content (AvgIpc) is 2.66. The maximum absolute atomic E-state index is 5.79. The van der Waals surface area contributed by atoms with E-state index in [0.29, 0.717) is 6.54 Å². The maximum Gasteiger partial charge on any atom is 0.160 e. The van der Waals surface area contributed by atoms with Crippen molar-refractivity contribution in [1.82, 2.24) is 9.97 Å². The van der Waals surface area contributed by atoms with E-state index in [0.717, 1.165) is 30.7 Å². The van der Waals surface area contributed by atoms with E-state index in [-0.39, 0.29) is 5.60 Å². The summed E-state index contributed by atoms with van der Waals surface area (Å²) >= 11 is 0. The van der Waals surface area contributed by atoms with Crippen LogP contribution in [0.1, 0.15) is 49.9 Å². The normalized spacial score (nSPS) is 19.4. The van der Waals surface area contributed by atoms with E-state index in [1.807, 2.05) is 12.4 Å². The first-order valence-corrected chi connectivity index (χ1v) is 6.87. The molecule has 1 aromatic rings. The van der Waals surface area contributed by atoms with Crippen molar-refractivity contribution >= 4 is 0 Å². The molecule has 0 unspecified atom stereocenters. The molecule has 0 radical (unpaired) electrons. The molecule has 1 saturated carbocycles. The van der Waals surface area contributed by atoms with Crippen LogP contribution in [0, 0.1) is 0 Å². The van der Waals surface area contributed by atoms with Crippen LogP contribution >= 0.6 is 0 Å². The summed E-state index contributed by atoms with van der Waals surface area (Å²) in [5.41, 5.74) is 6.37. The third-order valence-electron chi connectivity index (χ3n) is 3.85. The molecule has 0 spiro atoms. The first kappa shape index (κ1) is 13.4. The van der Waals surface area contributed by atoms with Crippen LogP contribution in [0.25, 0.3) is 0 Å². The highest BCUT2D eigenvalue weighted by Crippen LogP contribution is 2.36. The van der Waals surface area contributed by atoms with Crippen molar-refractivity contribution in [2.75, 3.05) is 13.7 Å². The molecule has 1 fully saturated rings. The van der Waals surface area contributed by atoms with Crippen LogP contribution < -0.4 is 5.73 Å². The van der Waals surface area contributed by atoms with Crippen molar-refractivity contribution in [2.24, 2.45) is 5.73 Å². The van der Waals surface area contributed by atoms with Crippen LogP contribution in [0.2, 0.25) is 0 Å². The van der Waals surface area contributed by atoms with Crippen LogP contribution in [0.4, 0.5) is 0 Å². The first-order valence-electron chi connectivity index (χ1n) is 6.87. The zero-order valence-electron chi connectivity index (χ0n) is 11.2. The van der Waals surface area contributed by atoms with Gasteiger partial charge in [0.15, 0.2) is 5.82 Å². The van der Waals surface area contributed by atoms with Crippen molar-refractivity contribution in [3.8, 4) is 0 Å². The van der Waals surface area contributed by atoms with E-state index >= 15 is 0 Å². The second-order valence-electron chi connectivity index (χ2n) is 5.07.